The van der Waals surface area contributed by atoms with Crippen LogP contribution in [-0.4, -0.2) is 56.7 Å². The van der Waals surface area contributed by atoms with Gasteiger partial charge in [-0.25, -0.2) is 4.98 Å². The molecule has 1 saturated heterocycles. The molecule has 9 heteroatoms. The lowest BCUT2D eigenvalue weighted by Crippen LogP contribution is -2.46. The Morgan fingerprint density at radius 2 is 2.08 bits per heavy atom. The van der Waals surface area contributed by atoms with E-state index in [1.807, 2.05) is 37.4 Å². The first-order chi connectivity index (χ1) is 17.6. The van der Waals surface area contributed by atoms with Crippen molar-refractivity contribution in [2.24, 2.45) is 13.0 Å². The van der Waals surface area contributed by atoms with Gasteiger partial charge in [-0.3, -0.25) is 14.9 Å². The Hall–Kier alpha value is -3.01. The highest BCUT2D eigenvalue weighted by Crippen LogP contribution is 2.28. The molecular weight excluding hydrogens is 472 g/mol. The zero-order chi connectivity index (χ0) is 26.7. The molecule has 0 amide bonds. The molecule has 1 aliphatic rings. The number of pyridine rings is 1. The Labute approximate surface area is 217 Å². The number of nitrogens with one attached hydrogen (secondary N) is 1. The van der Waals surface area contributed by atoms with E-state index in [9.17, 15) is 14.7 Å². The summed E-state index contributed by atoms with van der Waals surface area (Å²) in [7, 11) is 1.76. The van der Waals surface area contributed by atoms with Crippen molar-refractivity contribution >= 4 is 17.0 Å². The molecule has 0 saturated carbocycles. The molecule has 2 N–H and O–H groups in total. The van der Waals surface area contributed by atoms with Crippen molar-refractivity contribution < 1.29 is 19.4 Å². The zero-order valence-corrected chi connectivity index (χ0v) is 22.4. The molecule has 3 aromatic rings. The van der Waals surface area contributed by atoms with Gasteiger partial charge in [-0.05, 0) is 64.3 Å². The van der Waals surface area contributed by atoms with Crippen LogP contribution in [0.15, 0.2) is 35.3 Å². The van der Waals surface area contributed by atoms with E-state index in [2.05, 4.69) is 9.88 Å². The second kappa shape index (κ2) is 11.6. The van der Waals surface area contributed by atoms with Gasteiger partial charge in [-0.15, -0.1) is 0 Å². The maximum atomic E-state index is 12.4. The predicted molar refractivity (Wildman–Crippen MR) is 142 cm³/mol. The summed E-state index contributed by atoms with van der Waals surface area (Å²) in [5.74, 6) is 0.725. The highest BCUT2D eigenvalue weighted by atomic mass is 16.5. The number of carbonyl (C=O) groups is 1. The number of aromatic nitrogens is 3. The van der Waals surface area contributed by atoms with E-state index in [1.54, 1.807) is 32.4 Å². The molecule has 1 aliphatic heterocycles. The highest BCUT2D eigenvalue weighted by molar-refractivity contribution is 5.81. The SMILES string of the molecule is Cc1cc(-c2nc3cc(CN[C@H](C(=O)OC(C)C)[C@@H](C)O)ccc3n2C[C@H]2CCCOC2)cn(C)c1=O. The van der Waals surface area contributed by atoms with Gasteiger partial charge in [0.1, 0.15) is 11.9 Å². The van der Waals surface area contributed by atoms with Crippen LogP contribution in [0.1, 0.15) is 44.7 Å². The van der Waals surface area contributed by atoms with Gasteiger partial charge in [0.2, 0.25) is 0 Å². The first-order valence-electron chi connectivity index (χ1n) is 13.0. The van der Waals surface area contributed by atoms with Crippen molar-refractivity contribution in [2.45, 2.75) is 71.9 Å². The number of rotatable bonds is 9. The largest absolute Gasteiger partial charge is 0.462 e. The number of esters is 1. The topological polar surface area (TPSA) is 108 Å². The normalized spacial score (nSPS) is 17.8. The van der Waals surface area contributed by atoms with Crippen LogP contribution in [0.5, 0.6) is 0 Å². The van der Waals surface area contributed by atoms with Crippen molar-refractivity contribution in [1.29, 1.82) is 0 Å². The fraction of sp³-hybridized carbons (Fsp3) is 0.536. The molecule has 0 radical (unpaired) electrons. The molecule has 1 aromatic carbocycles. The molecule has 9 nitrogen and oxygen atoms in total. The number of carbonyl (C=O) groups excluding carboxylic acids is 1. The van der Waals surface area contributed by atoms with Crippen molar-refractivity contribution in [3.63, 3.8) is 0 Å². The van der Waals surface area contributed by atoms with Crippen LogP contribution in [0, 0.1) is 12.8 Å². The Bertz CT molecular complexity index is 1280. The minimum Gasteiger partial charge on any atom is -0.462 e. The average molecular weight is 511 g/mol. The van der Waals surface area contributed by atoms with Gasteiger partial charge in [0, 0.05) is 50.0 Å². The molecule has 0 spiro atoms. The molecular formula is C28H38N4O5. The Kier molecular flexibility index (Phi) is 8.46. The number of hydrogen-bond donors (Lipinski definition) is 2. The molecule has 200 valence electrons. The number of aliphatic hydroxyl groups is 1. The molecule has 0 unspecified atom stereocenters. The summed E-state index contributed by atoms with van der Waals surface area (Å²) in [6.07, 6.45) is 2.82. The number of imidazole rings is 1. The predicted octanol–water partition coefficient (Wildman–Crippen LogP) is 2.93. The van der Waals surface area contributed by atoms with Crippen LogP contribution in [0.25, 0.3) is 22.4 Å². The van der Waals surface area contributed by atoms with Gasteiger partial charge in [0.15, 0.2) is 0 Å². The van der Waals surface area contributed by atoms with E-state index >= 15 is 0 Å². The number of aryl methyl sites for hydroxylation is 2. The van der Waals surface area contributed by atoms with E-state index in [0.29, 0.717) is 18.0 Å². The molecule has 37 heavy (non-hydrogen) atoms. The molecule has 2 aromatic heterocycles. The number of aliphatic hydroxyl groups excluding tert-OH is 1. The van der Waals surface area contributed by atoms with E-state index in [-0.39, 0.29) is 11.7 Å². The molecule has 0 bridgehead atoms. The Morgan fingerprint density at radius 3 is 2.73 bits per heavy atom. The maximum Gasteiger partial charge on any atom is 0.326 e. The van der Waals surface area contributed by atoms with Crippen LogP contribution in [0.4, 0.5) is 0 Å². The monoisotopic (exact) mass is 510 g/mol. The summed E-state index contributed by atoms with van der Waals surface area (Å²) in [6.45, 7) is 9.63. The van der Waals surface area contributed by atoms with Crippen molar-refractivity contribution in [2.75, 3.05) is 13.2 Å². The fourth-order valence-electron chi connectivity index (χ4n) is 4.88. The van der Waals surface area contributed by atoms with Gasteiger partial charge in [-0.2, -0.15) is 0 Å². The van der Waals surface area contributed by atoms with E-state index in [0.717, 1.165) is 60.6 Å². The van der Waals surface area contributed by atoms with Crippen LogP contribution >= 0.6 is 0 Å². The highest BCUT2D eigenvalue weighted by Gasteiger charge is 2.26. The second-order valence-corrected chi connectivity index (χ2v) is 10.4. The molecule has 4 rings (SSSR count). The fourth-order valence-corrected chi connectivity index (χ4v) is 4.88. The second-order valence-electron chi connectivity index (χ2n) is 10.4. The van der Waals surface area contributed by atoms with Crippen LogP contribution in [0.2, 0.25) is 0 Å². The van der Waals surface area contributed by atoms with Gasteiger partial charge < -0.3 is 23.7 Å². The van der Waals surface area contributed by atoms with Gasteiger partial charge in [0.25, 0.3) is 5.56 Å². The van der Waals surface area contributed by atoms with E-state index in [1.165, 1.54) is 0 Å². The zero-order valence-electron chi connectivity index (χ0n) is 22.4. The number of ether oxygens (including phenoxy) is 2. The summed E-state index contributed by atoms with van der Waals surface area (Å²) in [5, 5.41) is 13.2. The Morgan fingerprint density at radius 1 is 1.30 bits per heavy atom. The van der Waals surface area contributed by atoms with Crippen LogP contribution < -0.4 is 10.9 Å². The molecule has 3 atom stereocenters. The quantitative estimate of drug-likeness (QED) is 0.426. The third kappa shape index (κ3) is 6.29. The Balaban J connectivity index is 1.67. The number of nitrogens with zero attached hydrogens (tertiary/aromatic N) is 3. The van der Waals surface area contributed by atoms with E-state index in [4.69, 9.17) is 14.5 Å². The number of hydrogen-bond acceptors (Lipinski definition) is 7. The van der Waals surface area contributed by atoms with Crippen molar-refractivity contribution in [3.8, 4) is 11.4 Å². The van der Waals surface area contributed by atoms with Gasteiger partial charge in [0.05, 0.1) is 29.8 Å². The van der Waals surface area contributed by atoms with Crippen LogP contribution in [0.3, 0.4) is 0 Å². The minimum atomic E-state index is -0.897. The van der Waals surface area contributed by atoms with Crippen molar-refractivity contribution in [3.05, 3.63) is 51.9 Å². The number of fused-ring (bicyclic) bond motifs is 1. The van der Waals surface area contributed by atoms with Gasteiger partial charge >= 0.3 is 5.97 Å². The average Bonchev–Trinajstić information content (AvgIpc) is 3.19. The molecule has 1 fully saturated rings. The third-order valence-corrected chi connectivity index (χ3v) is 6.74. The lowest BCUT2D eigenvalue weighted by Gasteiger charge is -2.23. The summed E-state index contributed by atoms with van der Waals surface area (Å²) in [4.78, 5) is 29.7. The lowest BCUT2D eigenvalue weighted by atomic mass is 10.0. The standard InChI is InChI=1S/C28H38N4O5/c1-17(2)37-28(35)25(19(4)33)29-13-20-8-9-24-23(12-20)30-26(22-11-18(3)27(34)31(5)15-22)32(24)14-21-7-6-10-36-16-21/h8-9,11-12,15,17,19,21,25,29,33H,6-7,10,13-14,16H2,1-5H3/t19-,21-,25+/m1/s1. The summed E-state index contributed by atoms with van der Waals surface area (Å²) in [5.41, 5.74) is 4.30. The number of benzene rings is 1. The lowest BCUT2D eigenvalue weighted by molar-refractivity contribution is -0.152. The first kappa shape index (κ1) is 27.0. The minimum absolute atomic E-state index is 0.0240. The third-order valence-electron chi connectivity index (χ3n) is 6.74. The van der Waals surface area contributed by atoms with Gasteiger partial charge in [-0.1, -0.05) is 6.07 Å². The van der Waals surface area contributed by atoms with E-state index < -0.39 is 18.1 Å². The van der Waals surface area contributed by atoms with Crippen molar-refractivity contribution in [1.82, 2.24) is 19.4 Å². The summed E-state index contributed by atoms with van der Waals surface area (Å²) >= 11 is 0. The molecule has 3 heterocycles. The smallest absolute Gasteiger partial charge is 0.326 e. The van der Waals surface area contributed by atoms with Crippen LogP contribution in [-0.2, 0) is 34.4 Å². The molecule has 0 aliphatic carbocycles. The maximum absolute atomic E-state index is 12.4. The first-order valence-corrected chi connectivity index (χ1v) is 13.0. The summed E-state index contributed by atoms with van der Waals surface area (Å²) < 4.78 is 14.8. The summed E-state index contributed by atoms with van der Waals surface area (Å²) in [6, 6.07) is 7.12.